The molecular weight excluding hydrogens is 358 g/mol. The first-order valence-electron chi connectivity index (χ1n) is 5.84. The highest BCUT2D eigenvalue weighted by Crippen LogP contribution is 2.33. The van der Waals surface area contributed by atoms with Crippen molar-refractivity contribution in [3.63, 3.8) is 0 Å². The van der Waals surface area contributed by atoms with Crippen LogP contribution in [-0.2, 0) is 10.0 Å². The van der Waals surface area contributed by atoms with Gasteiger partial charge in [0.25, 0.3) is 0 Å². The highest BCUT2D eigenvalue weighted by molar-refractivity contribution is 9.09. The lowest BCUT2D eigenvalue weighted by Crippen LogP contribution is -2.30. The molecule has 1 aliphatic rings. The number of thiophene rings is 1. The first-order chi connectivity index (χ1) is 8.53. The van der Waals surface area contributed by atoms with Crippen LogP contribution in [0.25, 0.3) is 0 Å². The highest BCUT2D eigenvalue weighted by Gasteiger charge is 2.28. The van der Waals surface area contributed by atoms with Crippen LogP contribution in [0.2, 0.25) is 4.34 Å². The van der Waals surface area contributed by atoms with Crippen molar-refractivity contribution in [2.45, 2.75) is 23.5 Å². The number of rotatable bonds is 5. The predicted molar refractivity (Wildman–Crippen MR) is 79.1 cm³/mol. The number of alkyl halides is 1. The summed E-state index contributed by atoms with van der Waals surface area (Å²) in [7, 11) is -3.39. The third-order valence-corrected chi connectivity index (χ3v) is 7.34. The molecule has 2 unspecified atom stereocenters. The Morgan fingerprint density at radius 2 is 2.11 bits per heavy atom. The molecule has 1 fully saturated rings. The van der Waals surface area contributed by atoms with E-state index in [0.29, 0.717) is 26.9 Å². The van der Waals surface area contributed by atoms with E-state index >= 15 is 0 Å². The highest BCUT2D eigenvalue weighted by atomic mass is 79.9. The van der Waals surface area contributed by atoms with E-state index in [0.717, 1.165) is 23.1 Å². The minimum Gasteiger partial charge on any atom is -0.210 e. The Hall–Kier alpha value is 0.380. The summed E-state index contributed by atoms with van der Waals surface area (Å²) in [6.45, 7) is 0.522. The van der Waals surface area contributed by atoms with Crippen LogP contribution in [0.3, 0.4) is 0 Å². The summed E-state index contributed by atoms with van der Waals surface area (Å²) in [4.78, 5) is 0. The molecule has 1 aliphatic carbocycles. The van der Waals surface area contributed by atoms with Crippen LogP contribution in [0.5, 0.6) is 0 Å². The molecule has 0 saturated heterocycles. The SMILES string of the molecule is O=S(=O)(NCC1CCCC1CBr)c1ccc(Cl)s1. The zero-order valence-electron chi connectivity index (χ0n) is 9.73. The van der Waals surface area contributed by atoms with Gasteiger partial charge in [0.15, 0.2) is 0 Å². The van der Waals surface area contributed by atoms with Gasteiger partial charge < -0.3 is 0 Å². The Morgan fingerprint density at radius 1 is 1.39 bits per heavy atom. The molecule has 3 nitrogen and oxygen atoms in total. The largest absolute Gasteiger partial charge is 0.250 e. The molecule has 2 rings (SSSR count). The summed E-state index contributed by atoms with van der Waals surface area (Å²) in [6.07, 6.45) is 3.47. The van der Waals surface area contributed by atoms with Crippen molar-refractivity contribution in [3.05, 3.63) is 16.5 Å². The lowest BCUT2D eigenvalue weighted by molar-refractivity contribution is 0.422. The molecule has 102 valence electrons. The molecular formula is C11H15BrClNO2S2. The topological polar surface area (TPSA) is 46.2 Å². The predicted octanol–water partition coefficient (Wildman–Crippen LogP) is 3.49. The fourth-order valence-electron chi connectivity index (χ4n) is 2.32. The van der Waals surface area contributed by atoms with Crippen molar-refractivity contribution >= 4 is 48.9 Å². The smallest absolute Gasteiger partial charge is 0.210 e. The average molecular weight is 373 g/mol. The normalized spacial score (nSPS) is 24.6. The number of nitrogens with one attached hydrogen (secondary N) is 1. The summed E-state index contributed by atoms with van der Waals surface area (Å²) < 4.78 is 27.5. The van der Waals surface area contributed by atoms with E-state index in [1.807, 2.05) is 0 Å². The van der Waals surface area contributed by atoms with E-state index in [2.05, 4.69) is 20.7 Å². The maximum atomic E-state index is 12.0. The van der Waals surface area contributed by atoms with E-state index in [1.54, 1.807) is 12.1 Å². The summed E-state index contributed by atoms with van der Waals surface area (Å²) in [5.74, 6) is 1.02. The molecule has 1 aromatic heterocycles. The van der Waals surface area contributed by atoms with Crippen LogP contribution < -0.4 is 4.72 Å². The summed E-state index contributed by atoms with van der Waals surface area (Å²) in [5, 5.41) is 0.949. The molecule has 0 amide bonds. The van der Waals surface area contributed by atoms with Gasteiger partial charge in [-0.1, -0.05) is 34.0 Å². The number of hydrogen-bond acceptors (Lipinski definition) is 3. The molecule has 0 bridgehead atoms. The van der Waals surface area contributed by atoms with Crippen molar-refractivity contribution < 1.29 is 8.42 Å². The second-order valence-electron chi connectivity index (χ2n) is 4.52. The monoisotopic (exact) mass is 371 g/mol. The zero-order chi connectivity index (χ0) is 13.2. The van der Waals surface area contributed by atoms with Crippen molar-refractivity contribution in [1.82, 2.24) is 4.72 Å². The fourth-order valence-corrected chi connectivity index (χ4v) is 5.79. The third-order valence-electron chi connectivity index (χ3n) is 3.36. The zero-order valence-corrected chi connectivity index (χ0v) is 13.7. The van der Waals surface area contributed by atoms with Gasteiger partial charge in [0.2, 0.25) is 10.0 Å². The van der Waals surface area contributed by atoms with Gasteiger partial charge in [-0.15, -0.1) is 11.3 Å². The van der Waals surface area contributed by atoms with Gasteiger partial charge in [-0.3, -0.25) is 0 Å². The summed E-state index contributed by atoms with van der Waals surface area (Å²) in [6, 6.07) is 3.16. The quantitative estimate of drug-likeness (QED) is 0.804. The first kappa shape index (κ1) is 14.8. The molecule has 7 heteroatoms. The summed E-state index contributed by atoms with van der Waals surface area (Å²) >= 11 is 10.3. The maximum absolute atomic E-state index is 12.0. The molecule has 2 atom stereocenters. The van der Waals surface area contributed by atoms with Crippen molar-refractivity contribution in [2.24, 2.45) is 11.8 Å². The number of hydrogen-bond donors (Lipinski definition) is 1. The van der Waals surface area contributed by atoms with Crippen LogP contribution in [0.4, 0.5) is 0 Å². The Balaban J connectivity index is 1.97. The van der Waals surface area contributed by atoms with Crippen molar-refractivity contribution in [3.8, 4) is 0 Å². The molecule has 0 aromatic carbocycles. The minimum absolute atomic E-state index is 0.292. The third kappa shape index (κ3) is 3.48. The average Bonchev–Trinajstić information content (AvgIpc) is 2.94. The van der Waals surface area contributed by atoms with E-state index in [1.165, 1.54) is 12.8 Å². The summed E-state index contributed by atoms with van der Waals surface area (Å²) in [5.41, 5.74) is 0. The van der Waals surface area contributed by atoms with Crippen LogP contribution in [0.1, 0.15) is 19.3 Å². The van der Waals surface area contributed by atoms with Crippen LogP contribution in [-0.4, -0.2) is 20.3 Å². The maximum Gasteiger partial charge on any atom is 0.250 e. The van der Waals surface area contributed by atoms with E-state index < -0.39 is 10.0 Å². The Bertz CT molecular complexity index is 503. The first-order valence-corrected chi connectivity index (χ1v) is 9.64. The number of sulfonamides is 1. The molecule has 1 aromatic rings. The Kier molecular flexibility index (Phi) is 5.11. The fraction of sp³-hybridized carbons (Fsp3) is 0.636. The van der Waals surface area contributed by atoms with Gasteiger partial charge in [-0.2, -0.15) is 0 Å². The molecule has 1 heterocycles. The van der Waals surface area contributed by atoms with E-state index in [9.17, 15) is 8.42 Å². The molecule has 1 saturated carbocycles. The Labute approximate surface area is 125 Å². The second kappa shape index (κ2) is 6.22. The molecule has 0 radical (unpaired) electrons. The van der Waals surface area contributed by atoms with Crippen molar-refractivity contribution in [2.75, 3.05) is 11.9 Å². The van der Waals surface area contributed by atoms with E-state index in [-0.39, 0.29) is 0 Å². The van der Waals surface area contributed by atoms with E-state index in [4.69, 9.17) is 11.6 Å². The lowest BCUT2D eigenvalue weighted by Gasteiger charge is -2.17. The molecule has 18 heavy (non-hydrogen) atoms. The Morgan fingerprint density at radius 3 is 2.72 bits per heavy atom. The van der Waals surface area contributed by atoms with Crippen molar-refractivity contribution in [1.29, 1.82) is 0 Å². The lowest BCUT2D eigenvalue weighted by atomic mass is 9.99. The van der Waals surface area contributed by atoms with Gasteiger partial charge in [0.05, 0.1) is 4.34 Å². The van der Waals surface area contributed by atoms with Crippen LogP contribution in [0.15, 0.2) is 16.3 Å². The minimum atomic E-state index is -3.39. The molecule has 1 N–H and O–H groups in total. The standard InChI is InChI=1S/C11H15BrClNO2S2/c12-6-8-2-1-3-9(8)7-14-18(15,16)11-5-4-10(13)17-11/h4-5,8-9,14H,1-3,6-7H2. The van der Waals surface area contributed by atoms with Gasteiger partial charge in [-0.05, 0) is 36.8 Å². The van der Waals surface area contributed by atoms with Gasteiger partial charge in [0, 0.05) is 11.9 Å². The van der Waals surface area contributed by atoms with Gasteiger partial charge in [0.1, 0.15) is 4.21 Å². The molecule has 0 spiro atoms. The second-order valence-corrected chi connectivity index (χ2v) is 8.87. The van der Waals surface area contributed by atoms with Crippen LogP contribution in [0, 0.1) is 11.8 Å². The number of halogens is 2. The van der Waals surface area contributed by atoms with Gasteiger partial charge in [-0.25, -0.2) is 13.1 Å². The molecule has 0 aliphatic heterocycles. The van der Waals surface area contributed by atoms with Gasteiger partial charge >= 0.3 is 0 Å². The van der Waals surface area contributed by atoms with Crippen LogP contribution >= 0.6 is 38.9 Å².